The van der Waals surface area contributed by atoms with Crippen molar-refractivity contribution in [1.82, 2.24) is 10.3 Å². The van der Waals surface area contributed by atoms with Gasteiger partial charge in [-0.3, -0.25) is 9.59 Å². The van der Waals surface area contributed by atoms with E-state index in [1.807, 2.05) is 0 Å². The minimum Gasteiger partial charge on any atom is -0.481 e. The average Bonchev–Trinajstić information content (AvgIpc) is 3.14. The van der Waals surface area contributed by atoms with E-state index in [9.17, 15) is 27.2 Å². The molecule has 0 saturated carbocycles. The first-order chi connectivity index (χ1) is 14.1. The molecule has 2 aromatic carbocycles. The number of hydrogen-bond acceptors (Lipinski definition) is 4. The number of aliphatic carboxylic acids is 1. The van der Waals surface area contributed by atoms with Gasteiger partial charge >= 0.3 is 12.1 Å². The van der Waals surface area contributed by atoms with Gasteiger partial charge in [0.2, 0.25) is 11.7 Å². The number of hydrogen-bond donors (Lipinski definition) is 2. The summed E-state index contributed by atoms with van der Waals surface area (Å²) in [6.45, 7) is 0. The van der Waals surface area contributed by atoms with Gasteiger partial charge in [-0.2, -0.15) is 13.2 Å². The Labute approximate surface area is 167 Å². The van der Waals surface area contributed by atoms with Crippen molar-refractivity contribution in [3.8, 4) is 11.5 Å². The first-order valence-electron chi connectivity index (χ1n) is 8.56. The monoisotopic (exact) mass is 422 g/mol. The molecule has 0 bridgehead atoms. The Kier molecular flexibility index (Phi) is 5.86. The first kappa shape index (κ1) is 21.0. The van der Waals surface area contributed by atoms with E-state index >= 15 is 0 Å². The molecule has 0 aliphatic carbocycles. The van der Waals surface area contributed by atoms with Gasteiger partial charge in [-0.25, -0.2) is 9.37 Å². The fourth-order valence-corrected chi connectivity index (χ4v) is 2.75. The van der Waals surface area contributed by atoms with E-state index in [1.54, 1.807) is 18.2 Å². The van der Waals surface area contributed by atoms with Crippen LogP contribution in [0.4, 0.5) is 17.6 Å². The standard InChI is InChI=1S/C20H14F4N2O4/c21-13-8-4-7-12(9-13)14(10-15(27)28)25-18(29)16-17(20(22,23)24)30-19(26-16)11-5-2-1-3-6-11/h1-9,14H,10H2,(H,25,29)(H,27,28). The summed E-state index contributed by atoms with van der Waals surface area (Å²) in [6.07, 6.45) is -5.70. The number of alkyl halides is 3. The molecule has 6 nitrogen and oxygen atoms in total. The van der Waals surface area contributed by atoms with Crippen LogP contribution in [-0.4, -0.2) is 22.0 Å². The van der Waals surface area contributed by atoms with E-state index in [0.717, 1.165) is 12.1 Å². The Bertz CT molecular complexity index is 1060. The minimum atomic E-state index is -5.02. The van der Waals surface area contributed by atoms with E-state index in [0.29, 0.717) is 0 Å². The summed E-state index contributed by atoms with van der Waals surface area (Å²) in [7, 11) is 0. The molecule has 0 aliphatic rings. The molecule has 2 N–H and O–H groups in total. The van der Waals surface area contributed by atoms with Crippen LogP contribution in [0.25, 0.3) is 11.5 Å². The fourth-order valence-electron chi connectivity index (χ4n) is 2.75. The predicted octanol–water partition coefficient (Wildman–Crippen LogP) is 4.45. The largest absolute Gasteiger partial charge is 0.481 e. The van der Waals surface area contributed by atoms with Gasteiger partial charge in [0.1, 0.15) is 5.82 Å². The molecule has 30 heavy (non-hydrogen) atoms. The maximum absolute atomic E-state index is 13.5. The summed E-state index contributed by atoms with van der Waals surface area (Å²) >= 11 is 0. The third-order valence-corrected chi connectivity index (χ3v) is 4.06. The van der Waals surface area contributed by atoms with Crippen molar-refractivity contribution in [2.24, 2.45) is 0 Å². The number of oxazole rings is 1. The van der Waals surface area contributed by atoms with Crippen LogP contribution in [0, 0.1) is 5.82 Å². The van der Waals surface area contributed by atoms with Crippen LogP contribution in [0.2, 0.25) is 0 Å². The molecule has 1 heterocycles. The summed E-state index contributed by atoms with van der Waals surface area (Å²) in [6, 6.07) is 11.1. The Hall–Kier alpha value is -3.69. The number of carbonyl (C=O) groups excluding carboxylic acids is 1. The summed E-state index contributed by atoms with van der Waals surface area (Å²) in [5.41, 5.74) is -0.756. The van der Waals surface area contributed by atoms with Crippen LogP contribution in [0.5, 0.6) is 0 Å². The lowest BCUT2D eigenvalue weighted by atomic mass is 10.0. The quantitative estimate of drug-likeness (QED) is 0.573. The highest BCUT2D eigenvalue weighted by atomic mass is 19.4. The van der Waals surface area contributed by atoms with Gasteiger partial charge in [-0.1, -0.05) is 30.3 Å². The van der Waals surface area contributed by atoms with Crippen LogP contribution in [0.1, 0.15) is 34.3 Å². The van der Waals surface area contributed by atoms with Crippen LogP contribution < -0.4 is 5.32 Å². The number of carboxylic acids is 1. The van der Waals surface area contributed by atoms with Crippen LogP contribution >= 0.6 is 0 Å². The highest BCUT2D eigenvalue weighted by molar-refractivity contribution is 5.94. The van der Waals surface area contributed by atoms with Crippen molar-refractivity contribution in [3.63, 3.8) is 0 Å². The van der Waals surface area contributed by atoms with Gasteiger partial charge in [-0.15, -0.1) is 0 Å². The number of carboxylic acid groups (broad SMARTS) is 1. The second-order valence-electron chi connectivity index (χ2n) is 6.24. The number of nitrogens with one attached hydrogen (secondary N) is 1. The lowest BCUT2D eigenvalue weighted by molar-refractivity contribution is -0.153. The van der Waals surface area contributed by atoms with E-state index < -0.39 is 53.7 Å². The van der Waals surface area contributed by atoms with Crippen molar-refractivity contribution < 1.29 is 36.7 Å². The molecule has 10 heteroatoms. The molecular weight excluding hydrogens is 408 g/mol. The molecule has 0 spiro atoms. The molecular formula is C20H14F4N2O4. The van der Waals surface area contributed by atoms with Crippen LogP contribution in [0.3, 0.4) is 0 Å². The third-order valence-electron chi connectivity index (χ3n) is 4.06. The Balaban J connectivity index is 1.98. The SMILES string of the molecule is O=C(O)CC(NC(=O)c1nc(-c2ccccc2)oc1C(F)(F)F)c1cccc(F)c1. The average molecular weight is 422 g/mol. The topological polar surface area (TPSA) is 92.4 Å². The van der Waals surface area contributed by atoms with Gasteiger partial charge < -0.3 is 14.8 Å². The van der Waals surface area contributed by atoms with E-state index in [4.69, 9.17) is 9.52 Å². The number of benzene rings is 2. The summed E-state index contributed by atoms with van der Waals surface area (Å²) < 4.78 is 58.5. The minimum absolute atomic E-state index is 0.0751. The molecule has 0 radical (unpaired) electrons. The van der Waals surface area contributed by atoms with E-state index in [2.05, 4.69) is 10.3 Å². The number of carbonyl (C=O) groups is 2. The highest BCUT2D eigenvalue weighted by Crippen LogP contribution is 2.35. The zero-order valence-corrected chi connectivity index (χ0v) is 15.1. The van der Waals surface area contributed by atoms with E-state index in [-0.39, 0.29) is 11.1 Å². The number of rotatable bonds is 6. The van der Waals surface area contributed by atoms with Gasteiger partial charge in [0, 0.05) is 5.56 Å². The number of aromatic nitrogens is 1. The second kappa shape index (κ2) is 8.36. The van der Waals surface area contributed by atoms with Gasteiger partial charge in [-0.05, 0) is 29.8 Å². The second-order valence-corrected chi connectivity index (χ2v) is 6.24. The van der Waals surface area contributed by atoms with Crippen molar-refractivity contribution in [2.45, 2.75) is 18.6 Å². The molecule has 1 atom stereocenters. The first-order valence-corrected chi connectivity index (χ1v) is 8.56. The molecule has 0 saturated heterocycles. The Morgan fingerprint density at radius 2 is 1.80 bits per heavy atom. The van der Waals surface area contributed by atoms with Crippen LogP contribution in [0.15, 0.2) is 59.0 Å². The summed E-state index contributed by atoms with van der Waals surface area (Å²) in [5, 5.41) is 11.3. The molecule has 3 rings (SSSR count). The molecule has 1 aromatic heterocycles. The van der Waals surface area contributed by atoms with Crippen molar-refractivity contribution in [3.05, 3.63) is 77.4 Å². The van der Waals surface area contributed by atoms with Crippen molar-refractivity contribution in [2.75, 3.05) is 0 Å². The number of halogens is 4. The maximum Gasteiger partial charge on any atom is 0.452 e. The lowest BCUT2D eigenvalue weighted by Crippen LogP contribution is -2.31. The molecule has 1 amide bonds. The summed E-state index contributed by atoms with van der Waals surface area (Å²) in [4.78, 5) is 27.4. The molecule has 0 fully saturated rings. The maximum atomic E-state index is 13.5. The van der Waals surface area contributed by atoms with Crippen molar-refractivity contribution in [1.29, 1.82) is 0 Å². The molecule has 156 valence electrons. The highest BCUT2D eigenvalue weighted by Gasteiger charge is 2.42. The number of amides is 1. The zero-order valence-electron chi connectivity index (χ0n) is 15.1. The lowest BCUT2D eigenvalue weighted by Gasteiger charge is -2.17. The van der Waals surface area contributed by atoms with Gasteiger partial charge in [0.15, 0.2) is 5.69 Å². The number of nitrogens with zero attached hydrogens (tertiary/aromatic N) is 1. The smallest absolute Gasteiger partial charge is 0.452 e. The Morgan fingerprint density at radius 3 is 2.40 bits per heavy atom. The normalized spacial score (nSPS) is 12.4. The van der Waals surface area contributed by atoms with E-state index in [1.165, 1.54) is 24.3 Å². The van der Waals surface area contributed by atoms with Gasteiger partial charge in [0.25, 0.3) is 5.91 Å². The zero-order chi connectivity index (χ0) is 21.9. The summed E-state index contributed by atoms with van der Waals surface area (Å²) in [5.74, 6) is -5.38. The van der Waals surface area contributed by atoms with Crippen molar-refractivity contribution >= 4 is 11.9 Å². The van der Waals surface area contributed by atoms with Crippen LogP contribution in [-0.2, 0) is 11.0 Å². The predicted molar refractivity (Wildman–Crippen MR) is 95.8 cm³/mol. The molecule has 0 aliphatic heterocycles. The molecule has 1 unspecified atom stereocenters. The molecule has 3 aromatic rings. The third kappa shape index (κ3) is 4.83. The fraction of sp³-hybridized carbons (Fsp3) is 0.150. The Morgan fingerprint density at radius 1 is 1.10 bits per heavy atom. The van der Waals surface area contributed by atoms with Gasteiger partial charge in [0.05, 0.1) is 12.5 Å².